The molecule has 1 saturated heterocycles. The van der Waals surface area contributed by atoms with Crippen LogP contribution in [0.4, 0.5) is 0 Å². The zero-order valence-corrected chi connectivity index (χ0v) is 7.43. The Balaban J connectivity index is 1.85. The Hall–Kier alpha value is -0.570. The zero-order chi connectivity index (χ0) is 8.60. The summed E-state index contributed by atoms with van der Waals surface area (Å²) < 4.78 is 4.70. The molecule has 1 aliphatic carbocycles. The van der Waals surface area contributed by atoms with E-state index in [2.05, 4.69) is 5.32 Å². The molecule has 2 aliphatic rings. The van der Waals surface area contributed by atoms with Gasteiger partial charge in [-0.1, -0.05) is 0 Å². The van der Waals surface area contributed by atoms with E-state index in [4.69, 9.17) is 4.74 Å². The minimum atomic E-state index is -0.0574. The third-order valence-corrected chi connectivity index (χ3v) is 3.08. The van der Waals surface area contributed by atoms with Gasteiger partial charge < -0.3 is 10.1 Å². The van der Waals surface area contributed by atoms with Crippen LogP contribution >= 0.6 is 0 Å². The highest BCUT2D eigenvalue weighted by atomic mass is 16.5. The maximum absolute atomic E-state index is 11.1. The summed E-state index contributed by atoms with van der Waals surface area (Å²) in [5.74, 6) is 0.0409. The Labute approximate surface area is 72.5 Å². The first-order chi connectivity index (χ1) is 5.76. The van der Waals surface area contributed by atoms with Crippen LogP contribution in [0, 0.1) is 5.92 Å². The molecular formula is C9H15NO2. The van der Waals surface area contributed by atoms with Crippen molar-refractivity contribution >= 4 is 5.97 Å². The van der Waals surface area contributed by atoms with Crippen molar-refractivity contribution in [2.24, 2.45) is 5.92 Å². The molecule has 3 nitrogen and oxygen atoms in total. The van der Waals surface area contributed by atoms with Crippen molar-refractivity contribution in [3.8, 4) is 0 Å². The van der Waals surface area contributed by atoms with Crippen molar-refractivity contribution in [3.05, 3.63) is 0 Å². The van der Waals surface area contributed by atoms with Crippen LogP contribution in [0.3, 0.4) is 0 Å². The Morgan fingerprint density at radius 2 is 2.25 bits per heavy atom. The first-order valence-corrected chi connectivity index (χ1v) is 4.59. The quantitative estimate of drug-likeness (QED) is 0.587. The minimum absolute atomic E-state index is 0.0574. The van der Waals surface area contributed by atoms with Gasteiger partial charge in [-0.2, -0.15) is 0 Å². The van der Waals surface area contributed by atoms with Gasteiger partial charge in [0.05, 0.1) is 13.0 Å². The number of nitrogens with one attached hydrogen (secondary N) is 1. The molecule has 1 aliphatic heterocycles. The molecule has 1 unspecified atom stereocenters. The molecule has 12 heavy (non-hydrogen) atoms. The lowest BCUT2D eigenvalue weighted by Crippen LogP contribution is -2.43. The number of carbonyl (C=O) groups excluding carboxylic acids is 1. The second-order valence-corrected chi connectivity index (χ2v) is 3.92. The summed E-state index contributed by atoms with van der Waals surface area (Å²) in [4.78, 5) is 11.1. The van der Waals surface area contributed by atoms with Crippen molar-refractivity contribution in [3.63, 3.8) is 0 Å². The number of piperidine rings is 1. The van der Waals surface area contributed by atoms with Crippen molar-refractivity contribution in [2.45, 2.75) is 31.2 Å². The number of rotatable bonds is 1. The van der Waals surface area contributed by atoms with E-state index < -0.39 is 0 Å². The fourth-order valence-corrected chi connectivity index (χ4v) is 1.93. The molecule has 0 radical (unpaired) electrons. The van der Waals surface area contributed by atoms with Gasteiger partial charge in [0.15, 0.2) is 0 Å². The molecule has 1 spiro atoms. The zero-order valence-electron chi connectivity index (χ0n) is 7.43. The van der Waals surface area contributed by atoms with E-state index in [0.29, 0.717) is 5.54 Å². The molecule has 1 saturated carbocycles. The highest BCUT2D eigenvalue weighted by Crippen LogP contribution is 2.43. The lowest BCUT2D eigenvalue weighted by Gasteiger charge is -2.28. The van der Waals surface area contributed by atoms with Gasteiger partial charge in [0.25, 0.3) is 0 Å². The summed E-state index contributed by atoms with van der Waals surface area (Å²) in [7, 11) is 1.46. The van der Waals surface area contributed by atoms with Crippen molar-refractivity contribution in [2.75, 3.05) is 13.7 Å². The van der Waals surface area contributed by atoms with Gasteiger partial charge in [-0.25, -0.2) is 0 Å². The highest BCUT2D eigenvalue weighted by molar-refractivity contribution is 5.72. The summed E-state index contributed by atoms with van der Waals surface area (Å²) >= 11 is 0. The van der Waals surface area contributed by atoms with Crippen LogP contribution in [0.15, 0.2) is 0 Å². The first kappa shape index (κ1) is 8.05. The SMILES string of the molecule is COC(=O)C1CCC2(CC2)NC1. The first-order valence-electron chi connectivity index (χ1n) is 4.59. The van der Waals surface area contributed by atoms with Gasteiger partial charge >= 0.3 is 5.97 Å². The molecule has 1 N–H and O–H groups in total. The number of methoxy groups -OCH3 is 1. The predicted octanol–water partition coefficient (Wildman–Crippen LogP) is 0.692. The average Bonchev–Trinajstić information content (AvgIpc) is 2.85. The van der Waals surface area contributed by atoms with Crippen LogP contribution in [0.5, 0.6) is 0 Å². The van der Waals surface area contributed by atoms with Gasteiger partial charge in [-0.3, -0.25) is 4.79 Å². The molecule has 3 heteroatoms. The molecule has 0 amide bonds. The summed E-state index contributed by atoms with van der Waals surface area (Å²) in [5.41, 5.74) is 0.435. The fourth-order valence-electron chi connectivity index (χ4n) is 1.93. The van der Waals surface area contributed by atoms with Crippen LogP contribution in [-0.2, 0) is 9.53 Å². The van der Waals surface area contributed by atoms with E-state index in [9.17, 15) is 4.79 Å². The largest absolute Gasteiger partial charge is 0.469 e. The third kappa shape index (κ3) is 1.33. The standard InChI is InChI=1S/C9H15NO2/c1-12-8(11)7-2-3-9(4-5-9)10-6-7/h7,10H,2-6H2,1H3. The van der Waals surface area contributed by atoms with Gasteiger partial charge in [-0.05, 0) is 25.7 Å². The molecule has 0 aromatic rings. The van der Waals surface area contributed by atoms with Gasteiger partial charge in [0.1, 0.15) is 0 Å². The molecular weight excluding hydrogens is 154 g/mol. The molecule has 0 aromatic heterocycles. The number of hydrogen-bond acceptors (Lipinski definition) is 3. The lowest BCUT2D eigenvalue weighted by atomic mass is 9.93. The number of ether oxygens (including phenoxy) is 1. The summed E-state index contributed by atoms with van der Waals surface area (Å²) in [6, 6.07) is 0. The second-order valence-electron chi connectivity index (χ2n) is 3.92. The van der Waals surface area contributed by atoms with Crippen LogP contribution in [-0.4, -0.2) is 25.2 Å². The number of carbonyl (C=O) groups is 1. The summed E-state index contributed by atoms with van der Waals surface area (Å²) in [6.45, 7) is 0.812. The van der Waals surface area contributed by atoms with Crippen LogP contribution < -0.4 is 5.32 Å². The van der Waals surface area contributed by atoms with Crippen molar-refractivity contribution in [1.82, 2.24) is 5.32 Å². The van der Waals surface area contributed by atoms with Gasteiger partial charge in [-0.15, -0.1) is 0 Å². The molecule has 2 fully saturated rings. The number of esters is 1. The van der Waals surface area contributed by atoms with Crippen molar-refractivity contribution in [1.29, 1.82) is 0 Å². The fraction of sp³-hybridized carbons (Fsp3) is 0.889. The van der Waals surface area contributed by atoms with Crippen LogP contribution in [0.25, 0.3) is 0 Å². The Kier molecular flexibility index (Phi) is 1.83. The van der Waals surface area contributed by atoms with E-state index in [1.807, 2.05) is 0 Å². The lowest BCUT2D eigenvalue weighted by molar-refractivity contribution is -0.146. The Morgan fingerprint density at radius 1 is 1.50 bits per heavy atom. The second kappa shape index (κ2) is 2.73. The predicted molar refractivity (Wildman–Crippen MR) is 44.7 cm³/mol. The van der Waals surface area contributed by atoms with Gasteiger partial charge in [0.2, 0.25) is 0 Å². The summed E-state index contributed by atoms with van der Waals surface area (Å²) in [6.07, 6.45) is 4.73. The topological polar surface area (TPSA) is 38.3 Å². The molecule has 2 rings (SSSR count). The van der Waals surface area contributed by atoms with E-state index in [-0.39, 0.29) is 11.9 Å². The smallest absolute Gasteiger partial charge is 0.309 e. The maximum atomic E-state index is 11.1. The molecule has 1 heterocycles. The summed E-state index contributed by atoms with van der Waals surface area (Å²) in [5, 5.41) is 3.43. The van der Waals surface area contributed by atoms with Crippen molar-refractivity contribution < 1.29 is 9.53 Å². The molecule has 68 valence electrons. The molecule has 1 atom stereocenters. The average molecular weight is 169 g/mol. The molecule has 0 aromatic carbocycles. The normalized spacial score (nSPS) is 31.6. The monoisotopic (exact) mass is 169 g/mol. The van der Waals surface area contributed by atoms with Gasteiger partial charge in [0, 0.05) is 12.1 Å². The maximum Gasteiger partial charge on any atom is 0.309 e. The van der Waals surface area contributed by atoms with E-state index in [1.165, 1.54) is 20.0 Å². The van der Waals surface area contributed by atoms with E-state index >= 15 is 0 Å². The Morgan fingerprint density at radius 3 is 2.67 bits per heavy atom. The van der Waals surface area contributed by atoms with Crippen LogP contribution in [0.2, 0.25) is 0 Å². The Bertz CT molecular complexity index is 189. The molecule has 0 bridgehead atoms. The van der Waals surface area contributed by atoms with Crippen LogP contribution in [0.1, 0.15) is 25.7 Å². The number of hydrogen-bond donors (Lipinski definition) is 1. The highest BCUT2D eigenvalue weighted by Gasteiger charge is 2.45. The van der Waals surface area contributed by atoms with E-state index in [0.717, 1.165) is 19.4 Å². The third-order valence-electron chi connectivity index (χ3n) is 3.08. The van der Waals surface area contributed by atoms with E-state index in [1.54, 1.807) is 0 Å². The minimum Gasteiger partial charge on any atom is -0.469 e.